The van der Waals surface area contributed by atoms with E-state index in [1.807, 2.05) is 25.5 Å². The van der Waals surface area contributed by atoms with E-state index < -0.39 is 0 Å². The predicted molar refractivity (Wildman–Crippen MR) is 84.2 cm³/mol. The Morgan fingerprint density at radius 1 is 1.43 bits per heavy atom. The Morgan fingerprint density at radius 3 is 2.86 bits per heavy atom. The summed E-state index contributed by atoms with van der Waals surface area (Å²) in [5.74, 6) is 2.46. The monoisotopic (exact) mass is 294 g/mol. The molecule has 0 amide bonds. The van der Waals surface area contributed by atoms with Crippen LogP contribution in [0.2, 0.25) is 0 Å². The van der Waals surface area contributed by atoms with Crippen molar-refractivity contribution in [3.8, 4) is 0 Å². The average Bonchev–Trinajstić information content (AvgIpc) is 2.80. The van der Waals surface area contributed by atoms with Gasteiger partial charge in [-0.25, -0.2) is 4.99 Å². The summed E-state index contributed by atoms with van der Waals surface area (Å²) in [4.78, 5) is 4.51. The molecule has 0 saturated carbocycles. The van der Waals surface area contributed by atoms with E-state index in [2.05, 4.69) is 32.4 Å². The van der Waals surface area contributed by atoms with Gasteiger partial charge in [0, 0.05) is 33.4 Å². The van der Waals surface area contributed by atoms with E-state index in [1.54, 1.807) is 6.08 Å². The average molecular weight is 294 g/mol. The lowest BCUT2D eigenvalue weighted by atomic mass is 10.4. The van der Waals surface area contributed by atoms with Crippen LogP contribution in [-0.2, 0) is 18.3 Å². The van der Waals surface area contributed by atoms with Crippen LogP contribution in [0.15, 0.2) is 17.6 Å². The molecule has 0 aromatic carbocycles. The Morgan fingerprint density at radius 2 is 2.24 bits per heavy atom. The number of rotatable bonds is 9. The molecule has 1 aromatic rings. The molecule has 1 rings (SSSR count). The van der Waals surface area contributed by atoms with Gasteiger partial charge in [-0.05, 0) is 20.3 Å². The predicted octanol–water partition coefficient (Wildman–Crippen LogP) is 0.771. The molecular formula is C14H26N6O. The van der Waals surface area contributed by atoms with Gasteiger partial charge in [-0.1, -0.05) is 6.08 Å². The summed E-state index contributed by atoms with van der Waals surface area (Å²) >= 11 is 0. The van der Waals surface area contributed by atoms with E-state index in [0.29, 0.717) is 13.1 Å². The molecule has 0 aliphatic rings. The van der Waals surface area contributed by atoms with Gasteiger partial charge in [-0.2, -0.15) is 0 Å². The van der Waals surface area contributed by atoms with E-state index in [0.717, 1.165) is 43.8 Å². The van der Waals surface area contributed by atoms with E-state index >= 15 is 0 Å². The van der Waals surface area contributed by atoms with Crippen LogP contribution in [0, 0.1) is 6.92 Å². The highest BCUT2D eigenvalue weighted by molar-refractivity contribution is 5.79. The standard InChI is InChI=1S/C14H26N6O/c1-5-8-15-14(16-9-7-10-21-6-2)17-11-13-19-18-12(3)20(13)4/h5H,1,6-11H2,2-4H3,(H2,15,16,17). The minimum Gasteiger partial charge on any atom is -0.382 e. The fraction of sp³-hybridized carbons (Fsp3) is 0.643. The molecule has 0 radical (unpaired) electrons. The Kier molecular flexibility index (Phi) is 8.11. The molecule has 0 atom stereocenters. The summed E-state index contributed by atoms with van der Waals surface area (Å²) in [6.07, 6.45) is 2.73. The molecule has 0 aliphatic carbocycles. The van der Waals surface area contributed by atoms with Gasteiger partial charge in [0.25, 0.3) is 0 Å². The highest BCUT2D eigenvalue weighted by Gasteiger charge is 2.04. The molecule has 0 spiro atoms. The molecule has 0 unspecified atom stereocenters. The minimum absolute atomic E-state index is 0.481. The number of aliphatic imine (C=N–C) groups is 1. The molecule has 1 heterocycles. The molecule has 7 heteroatoms. The van der Waals surface area contributed by atoms with Crippen LogP contribution in [0.5, 0.6) is 0 Å². The van der Waals surface area contributed by atoms with Crippen molar-refractivity contribution in [1.82, 2.24) is 25.4 Å². The number of hydrogen-bond donors (Lipinski definition) is 2. The third kappa shape index (κ3) is 6.40. The smallest absolute Gasteiger partial charge is 0.191 e. The largest absolute Gasteiger partial charge is 0.382 e. The van der Waals surface area contributed by atoms with Gasteiger partial charge in [-0.15, -0.1) is 16.8 Å². The third-order valence-electron chi connectivity index (χ3n) is 2.94. The highest BCUT2D eigenvalue weighted by Crippen LogP contribution is 1.98. The van der Waals surface area contributed by atoms with Gasteiger partial charge in [0.2, 0.25) is 0 Å². The fourth-order valence-corrected chi connectivity index (χ4v) is 1.61. The number of nitrogens with one attached hydrogen (secondary N) is 2. The quantitative estimate of drug-likeness (QED) is 0.304. The van der Waals surface area contributed by atoms with Gasteiger partial charge < -0.3 is 19.9 Å². The third-order valence-corrected chi connectivity index (χ3v) is 2.94. The van der Waals surface area contributed by atoms with E-state index in [4.69, 9.17) is 4.74 Å². The normalized spacial score (nSPS) is 11.5. The Bertz CT molecular complexity index is 454. The molecule has 0 aliphatic heterocycles. The van der Waals surface area contributed by atoms with Crippen molar-refractivity contribution >= 4 is 5.96 Å². The number of aromatic nitrogens is 3. The SMILES string of the molecule is C=CCNC(=NCc1nnc(C)n1C)NCCCOCC. The van der Waals surface area contributed by atoms with Gasteiger partial charge in [0.05, 0.1) is 0 Å². The first-order chi connectivity index (χ1) is 10.2. The molecule has 0 fully saturated rings. The molecule has 7 nitrogen and oxygen atoms in total. The van der Waals surface area contributed by atoms with E-state index in [-0.39, 0.29) is 0 Å². The van der Waals surface area contributed by atoms with Gasteiger partial charge in [0.15, 0.2) is 11.8 Å². The molecule has 118 valence electrons. The summed E-state index contributed by atoms with van der Waals surface area (Å²) in [7, 11) is 1.94. The maximum Gasteiger partial charge on any atom is 0.191 e. The van der Waals surface area contributed by atoms with Crippen molar-refractivity contribution in [3.05, 3.63) is 24.3 Å². The van der Waals surface area contributed by atoms with Gasteiger partial charge in [0.1, 0.15) is 12.4 Å². The fourth-order valence-electron chi connectivity index (χ4n) is 1.61. The van der Waals surface area contributed by atoms with Crippen molar-refractivity contribution in [2.24, 2.45) is 12.0 Å². The first-order valence-electron chi connectivity index (χ1n) is 7.24. The van der Waals surface area contributed by atoms with E-state index in [9.17, 15) is 0 Å². The summed E-state index contributed by atoms with van der Waals surface area (Å²) in [6, 6.07) is 0. The summed E-state index contributed by atoms with van der Waals surface area (Å²) < 4.78 is 7.24. The second kappa shape index (κ2) is 9.93. The van der Waals surface area contributed by atoms with Crippen LogP contribution in [-0.4, -0.2) is 47.0 Å². The maximum atomic E-state index is 5.31. The zero-order chi connectivity index (χ0) is 15.5. The van der Waals surface area contributed by atoms with Crippen LogP contribution in [0.4, 0.5) is 0 Å². The Labute approximate surface area is 126 Å². The van der Waals surface area contributed by atoms with Crippen molar-refractivity contribution < 1.29 is 4.74 Å². The second-order valence-electron chi connectivity index (χ2n) is 4.53. The number of nitrogens with zero attached hydrogens (tertiary/aromatic N) is 4. The van der Waals surface area contributed by atoms with E-state index in [1.165, 1.54) is 0 Å². The van der Waals surface area contributed by atoms with Crippen LogP contribution >= 0.6 is 0 Å². The summed E-state index contributed by atoms with van der Waals surface area (Å²) in [6.45, 7) is 11.1. The van der Waals surface area contributed by atoms with Crippen LogP contribution in [0.3, 0.4) is 0 Å². The van der Waals surface area contributed by atoms with Crippen molar-refractivity contribution in [1.29, 1.82) is 0 Å². The first kappa shape index (κ1) is 17.2. The number of aryl methyl sites for hydroxylation is 1. The lowest BCUT2D eigenvalue weighted by Gasteiger charge is -2.11. The number of guanidine groups is 1. The van der Waals surface area contributed by atoms with Crippen LogP contribution in [0.1, 0.15) is 25.0 Å². The number of hydrogen-bond acceptors (Lipinski definition) is 4. The lowest BCUT2D eigenvalue weighted by molar-refractivity contribution is 0.145. The van der Waals surface area contributed by atoms with Crippen LogP contribution < -0.4 is 10.6 Å². The maximum absolute atomic E-state index is 5.31. The molecule has 0 saturated heterocycles. The summed E-state index contributed by atoms with van der Waals surface area (Å²) in [5, 5.41) is 14.6. The minimum atomic E-state index is 0.481. The van der Waals surface area contributed by atoms with Gasteiger partial charge in [-0.3, -0.25) is 0 Å². The molecular weight excluding hydrogens is 268 g/mol. The molecule has 21 heavy (non-hydrogen) atoms. The summed E-state index contributed by atoms with van der Waals surface area (Å²) in [5.41, 5.74) is 0. The van der Waals surface area contributed by atoms with Crippen LogP contribution in [0.25, 0.3) is 0 Å². The molecule has 1 aromatic heterocycles. The lowest BCUT2D eigenvalue weighted by Crippen LogP contribution is -2.38. The van der Waals surface area contributed by atoms with Crippen molar-refractivity contribution in [3.63, 3.8) is 0 Å². The zero-order valence-corrected chi connectivity index (χ0v) is 13.2. The van der Waals surface area contributed by atoms with Gasteiger partial charge >= 0.3 is 0 Å². The first-order valence-corrected chi connectivity index (χ1v) is 7.24. The highest BCUT2D eigenvalue weighted by atomic mass is 16.5. The molecule has 0 bridgehead atoms. The Hall–Kier alpha value is -1.89. The topological polar surface area (TPSA) is 76.4 Å². The second-order valence-corrected chi connectivity index (χ2v) is 4.53. The zero-order valence-electron chi connectivity index (χ0n) is 13.2. The Balaban J connectivity index is 2.49. The van der Waals surface area contributed by atoms with Crippen molar-refractivity contribution in [2.45, 2.75) is 26.8 Å². The number of ether oxygens (including phenoxy) is 1. The van der Waals surface area contributed by atoms with Crippen molar-refractivity contribution in [2.75, 3.05) is 26.3 Å². The molecule has 2 N–H and O–H groups in total.